The maximum Gasteiger partial charge on any atom is 0.0647 e. The monoisotopic (exact) mass is 318 g/mol. The van der Waals surface area contributed by atoms with Crippen molar-refractivity contribution in [1.29, 1.82) is 0 Å². The van der Waals surface area contributed by atoms with Crippen LogP contribution in [0.25, 0.3) is 0 Å². The second-order valence-electron chi connectivity index (χ2n) is 2.52. The van der Waals surface area contributed by atoms with Crippen LogP contribution in [0.2, 0.25) is 0 Å². The predicted molar refractivity (Wildman–Crippen MR) is 67.0 cm³/mol. The fraction of sp³-hybridized carbons (Fsp3) is 0.875. The molecule has 0 aliphatic rings. The summed E-state index contributed by atoms with van der Waals surface area (Å²) in [5.74, 6) is 0. The van der Waals surface area contributed by atoms with Gasteiger partial charge < -0.3 is 4.52 Å². The Morgan fingerprint density at radius 3 is 2.17 bits per heavy atom. The zero-order valence-electron chi connectivity index (χ0n) is 6.65. The van der Waals surface area contributed by atoms with Crippen molar-refractivity contribution in [2.75, 3.05) is 17.3 Å². The molecule has 4 heteroatoms. The molecule has 0 N–H and O–H groups in total. The third-order valence-electron chi connectivity index (χ3n) is 1.78. The molecule has 0 aliphatic carbocycles. The Balaban J connectivity index is 0. The molecule has 0 fully saturated rings. The van der Waals surface area contributed by atoms with Gasteiger partial charge in [-0.25, -0.2) is 0 Å². The van der Waals surface area contributed by atoms with E-state index in [4.69, 9.17) is 4.52 Å². The van der Waals surface area contributed by atoms with E-state index >= 15 is 0 Å². The Morgan fingerprint density at radius 1 is 1.42 bits per heavy atom. The lowest BCUT2D eigenvalue weighted by Gasteiger charge is -2.26. The quantitative estimate of drug-likeness (QED) is 0.528. The van der Waals surface area contributed by atoms with Gasteiger partial charge in [-0.05, 0) is 12.7 Å². The standard InChI is InChI=1S/C7H13Br2OP.CH4/c1-3-7(4-8,5-9)6-10-11-2;/h2-6H2,1H3;1H4. The molecule has 0 rings (SSSR count). The van der Waals surface area contributed by atoms with Gasteiger partial charge in [0.2, 0.25) is 0 Å². The topological polar surface area (TPSA) is 9.23 Å². The molecule has 0 bridgehead atoms. The zero-order chi connectivity index (χ0) is 8.74. The fourth-order valence-electron chi connectivity index (χ4n) is 0.586. The molecule has 0 aliphatic heterocycles. The highest BCUT2D eigenvalue weighted by Crippen LogP contribution is 2.28. The molecule has 12 heavy (non-hydrogen) atoms. The molecule has 0 atom stereocenters. The minimum atomic E-state index is 0. The highest BCUT2D eigenvalue weighted by atomic mass is 79.9. The number of hydrogen-bond acceptors (Lipinski definition) is 1. The van der Waals surface area contributed by atoms with Gasteiger partial charge in [0.15, 0.2) is 0 Å². The molecule has 74 valence electrons. The van der Waals surface area contributed by atoms with Crippen molar-refractivity contribution in [3.8, 4) is 0 Å². The largest absolute Gasteiger partial charge is 0.326 e. The first kappa shape index (κ1) is 15.6. The Hall–Kier alpha value is 1.09. The van der Waals surface area contributed by atoms with Gasteiger partial charge in [0.25, 0.3) is 0 Å². The van der Waals surface area contributed by atoms with E-state index in [1.54, 1.807) is 0 Å². The average Bonchev–Trinajstić information content (AvgIpc) is 2.08. The second-order valence-corrected chi connectivity index (χ2v) is 4.16. The summed E-state index contributed by atoms with van der Waals surface area (Å²) < 4.78 is 5.27. The van der Waals surface area contributed by atoms with Crippen LogP contribution in [0.1, 0.15) is 20.8 Å². The number of hydrogen-bond donors (Lipinski definition) is 0. The van der Waals surface area contributed by atoms with E-state index in [0.717, 1.165) is 32.1 Å². The third kappa shape index (κ3) is 4.96. The highest BCUT2D eigenvalue weighted by molar-refractivity contribution is 9.09. The van der Waals surface area contributed by atoms with Crippen LogP contribution in [0.5, 0.6) is 0 Å². The van der Waals surface area contributed by atoms with Gasteiger partial charge in [0, 0.05) is 24.5 Å². The van der Waals surface area contributed by atoms with E-state index in [9.17, 15) is 0 Å². The molecule has 1 nitrogen and oxygen atoms in total. The van der Waals surface area contributed by atoms with E-state index in [0.29, 0.717) is 0 Å². The molecule has 0 aromatic carbocycles. The van der Waals surface area contributed by atoms with Crippen LogP contribution < -0.4 is 0 Å². The van der Waals surface area contributed by atoms with Crippen LogP contribution in [0, 0.1) is 5.41 Å². The molecule has 0 saturated heterocycles. The fourth-order valence-corrected chi connectivity index (χ4v) is 3.00. The van der Waals surface area contributed by atoms with E-state index in [1.807, 2.05) is 0 Å². The Morgan fingerprint density at radius 2 is 1.92 bits per heavy atom. The molecule has 0 amide bonds. The molecule has 0 heterocycles. The van der Waals surface area contributed by atoms with Crippen LogP contribution >= 0.6 is 40.3 Å². The summed E-state index contributed by atoms with van der Waals surface area (Å²) in [6.07, 6.45) is 4.72. The summed E-state index contributed by atoms with van der Waals surface area (Å²) in [6.45, 7) is 2.94. The molecule has 0 aromatic heterocycles. The summed E-state index contributed by atoms with van der Waals surface area (Å²) in [7, 11) is 0.766. The lowest BCUT2D eigenvalue weighted by Crippen LogP contribution is -2.28. The van der Waals surface area contributed by atoms with Crippen LogP contribution in [0.4, 0.5) is 0 Å². The maximum atomic E-state index is 5.27. The Kier molecular flexibility index (Phi) is 11.3. The normalized spacial score (nSPS) is 11.2. The Labute approximate surface area is 94.4 Å². The minimum absolute atomic E-state index is 0. The van der Waals surface area contributed by atoms with Gasteiger partial charge in [-0.15, -0.1) is 0 Å². The summed E-state index contributed by atoms with van der Waals surface area (Å²) in [4.78, 5) is 0. The van der Waals surface area contributed by atoms with E-state index in [-0.39, 0.29) is 12.8 Å². The van der Waals surface area contributed by atoms with Crippen molar-refractivity contribution in [1.82, 2.24) is 0 Å². The molecule has 0 saturated carbocycles. The van der Waals surface area contributed by atoms with Crippen molar-refractivity contribution < 1.29 is 4.52 Å². The van der Waals surface area contributed by atoms with Crippen molar-refractivity contribution in [2.45, 2.75) is 20.8 Å². The first-order valence-corrected chi connectivity index (χ1v) is 6.68. The van der Waals surface area contributed by atoms with Gasteiger partial charge in [-0.3, -0.25) is 0 Å². The van der Waals surface area contributed by atoms with Crippen LogP contribution in [0.15, 0.2) is 0 Å². The van der Waals surface area contributed by atoms with E-state index < -0.39 is 0 Å². The average molecular weight is 320 g/mol. The van der Waals surface area contributed by atoms with Crippen LogP contribution in [-0.4, -0.2) is 23.6 Å². The third-order valence-corrected chi connectivity index (χ3v) is 4.47. The van der Waals surface area contributed by atoms with Crippen molar-refractivity contribution in [2.24, 2.45) is 5.41 Å². The molecular weight excluding hydrogens is 303 g/mol. The van der Waals surface area contributed by atoms with Crippen molar-refractivity contribution >= 4 is 46.6 Å². The molecule has 0 radical (unpaired) electrons. The second kappa shape index (κ2) is 8.68. The smallest absolute Gasteiger partial charge is 0.0647 e. The predicted octanol–water partition coefficient (Wildman–Crippen LogP) is 4.12. The van der Waals surface area contributed by atoms with Crippen molar-refractivity contribution in [3.63, 3.8) is 0 Å². The van der Waals surface area contributed by atoms with Gasteiger partial charge in [-0.1, -0.05) is 46.2 Å². The SMILES string of the molecule is C.C=POCC(CC)(CBr)CBr. The Bertz CT molecular complexity index is 107. The van der Waals surface area contributed by atoms with Gasteiger partial charge in [-0.2, -0.15) is 0 Å². The summed E-state index contributed by atoms with van der Waals surface area (Å²) in [5.41, 5.74) is 0.241. The number of rotatable bonds is 6. The maximum absolute atomic E-state index is 5.27. The van der Waals surface area contributed by atoms with Crippen LogP contribution in [-0.2, 0) is 4.52 Å². The van der Waals surface area contributed by atoms with Gasteiger partial charge in [0.1, 0.15) is 0 Å². The molecule has 0 spiro atoms. The molecule has 0 unspecified atom stereocenters. The lowest BCUT2D eigenvalue weighted by atomic mass is 9.92. The summed E-state index contributed by atoms with van der Waals surface area (Å²) in [6, 6.07) is 0. The molecule has 0 aromatic rings. The summed E-state index contributed by atoms with van der Waals surface area (Å²) in [5, 5.41) is 1.94. The van der Waals surface area contributed by atoms with Gasteiger partial charge >= 0.3 is 0 Å². The van der Waals surface area contributed by atoms with Gasteiger partial charge in [0.05, 0.1) is 6.61 Å². The zero-order valence-corrected chi connectivity index (χ0v) is 10.7. The summed E-state index contributed by atoms with van der Waals surface area (Å²) >= 11 is 6.98. The van der Waals surface area contributed by atoms with Crippen molar-refractivity contribution in [3.05, 3.63) is 0 Å². The van der Waals surface area contributed by atoms with E-state index in [1.165, 1.54) is 0 Å². The number of halogens is 2. The lowest BCUT2D eigenvalue weighted by molar-refractivity contribution is 0.211. The van der Waals surface area contributed by atoms with E-state index in [2.05, 4.69) is 45.1 Å². The first-order valence-electron chi connectivity index (χ1n) is 3.44. The molecular formula is C8H17Br2OP. The highest BCUT2D eigenvalue weighted by Gasteiger charge is 2.25. The minimum Gasteiger partial charge on any atom is -0.326 e. The van der Waals surface area contributed by atoms with Crippen LogP contribution in [0.3, 0.4) is 0 Å². The first-order chi connectivity index (χ1) is 5.24. The number of alkyl halides is 2.